The van der Waals surface area contributed by atoms with Gasteiger partial charge in [0.25, 0.3) is 0 Å². The highest BCUT2D eigenvalue weighted by molar-refractivity contribution is 7.99. The number of hydrogen-bond donors (Lipinski definition) is 0. The lowest BCUT2D eigenvalue weighted by Crippen LogP contribution is -2.34. The highest BCUT2D eigenvalue weighted by atomic mass is 32.2. The van der Waals surface area contributed by atoms with Crippen molar-refractivity contribution in [1.82, 2.24) is 14.5 Å². The number of thioether (sulfide) groups is 1. The van der Waals surface area contributed by atoms with Crippen molar-refractivity contribution in [2.75, 3.05) is 18.8 Å². The Balaban J connectivity index is 1.62. The zero-order chi connectivity index (χ0) is 26.0. The van der Waals surface area contributed by atoms with E-state index in [1.54, 1.807) is 11.8 Å². The van der Waals surface area contributed by atoms with Gasteiger partial charge in [-0.25, -0.2) is 4.98 Å². The number of aromatic nitrogens is 2. The first kappa shape index (κ1) is 27.8. The first-order valence-electron chi connectivity index (χ1n) is 12.9. The SMILES string of the molecule is CCCCC(=O)N(CCCSc1nc2ccccc2n1CC(=O)OC(C)(C)C)CCc1ccccc1. The summed E-state index contributed by atoms with van der Waals surface area (Å²) in [4.78, 5) is 32.2. The van der Waals surface area contributed by atoms with E-state index in [-0.39, 0.29) is 18.4 Å². The Hall–Kier alpha value is -2.80. The Labute approximate surface area is 219 Å². The molecule has 0 aliphatic rings. The third-order valence-electron chi connectivity index (χ3n) is 5.74. The van der Waals surface area contributed by atoms with E-state index in [0.29, 0.717) is 13.0 Å². The summed E-state index contributed by atoms with van der Waals surface area (Å²) in [6.45, 7) is 9.30. The molecule has 1 aromatic heterocycles. The lowest BCUT2D eigenvalue weighted by molar-refractivity contribution is -0.155. The fourth-order valence-electron chi connectivity index (χ4n) is 3.99. The highest BCUT2D eigenvalue weighted by Crippen LogP contribution is 2.25. The molecule has 3 aromatic rings. The van der Waals surface area contributed by atoms with Gasteiger partial charge in [-0.05, 0) is 57.7 Å². The number of carbonyl (C=O) groups is 2. The molecule has 0 bridgehead atoms. The monoisotopic (exact) mass is 509 g/mol. The van der Waals surface area contributed by atoms with Crippen LogP contribution in [0, 0.1) is 0 Å². The van der Waals surface area contributed by atoms with Gasteiger partial charge in [-0.2, -0.15) is 0 Å². The number of esters is 1. The Morgan fingerprint density at radius 2 is 1.72 bits per heavy atom. The number of amides is 1. The average Bonchev–Trinajstić information content (AvgIpc) is 3.18. The average molecular weight is 510 g/mol. The van der Waals surface area contributed by atoms with Crippen molar-refractivity contribution in [3.63, 3.8) is 0 Å². The molecule has 0 saturated carbocycles. The summed E-state index contributed by atoms with van der Waals surface area (Å²) in [6.07, 6.45) is 4.25. The fraction of sp³-hybridized carbons (Fsp3) is 0.483. The summed E-state index contributed by atoms with van der Waals surface area (Å²) in [5, 5.41) is 0.801. The fourth-order valence-corrected chi connectivity index (χ4v) is 4.93. The van der Waals surface area contributed by atoms with Gasteiger partial charge < -0.3 is 14.2 Å². The molecule has 7 heteroatoms. The zero-order valence-corrected chi connectivity index (χ0v) is 22.9. The largest absolute Gasteiger partial charge is 0.459 e. The molecule has 0 spiro atoms. The molecule has 194 valence electrons. The van der Waals surface area contributed by atoms with Crippen molar-refractivity contribution in [1.29, 1.82) is 0 Å². The van der Waals surface area contributed by atoms with E-state index in [4.69, 9.17) is 9.72 Å². The molecular weight excluding hydrogens is 470 g/mol. The van der Waals surface area contributed by atoms with Gasteiger partial charge in [0.15, 0.2) is 5.16 Å². The zero-order valence-electron chi connectivity index (χ0n) is 22.0. The van der Waals surface area contributed by atoms with E-state index in [1.165, 1.54) is 5.56 Å². The number of hydrogen-bond acceptors (Lipinski definition) is 5. The van der Waals surface area contributed by atoms with Gasteiger partial charge in [0.05, 0.1) is 11.0 Å². The molecule has 3 rings (SSSR count). The van der Waals surface area contributed by atoms with E-state index in [2.05, 4.69) is 19.1 Å². The van der Waals surface area contributed by atoms with Gasteiger partial charge in [0.1, 0.15) is 12.1 Å². The molecule has 0 N–H and O–H groups in total. The molecule has 2 aromatic carbocycles. The third kappa shape index (κ3) is 8.70. The number of nitrogens with zero attached hydrogens (tertiary/aromatic N) is 3. The maximum absolute atomic E-state index is 12.8. The molecule has 0 aliphatic heterocycles. The standard InChI is InChI=1S/C29H39N3O3S/c1-5-6-17-26(33)31(20-18-23-13-8-7-9-14-23)19-12-21-36-28-30-24-15-10-11-16-25(24)32(28)22-27(34)35-29(2,3)4/h7-11,13-16H,5-6,12,17-22H2,1-4H3. The van der Waals surface area contributed by atoms with Gasteiger partial charge in [0, 0.05) is 25.3 Å². The number of para-hydroxylation sites is 2. The first-order chi connectivity index (χ1) is 17.3. The lowest BCUT2D eigenvalue weighted by Gasteiger charge is -2.23. The summed E-state index contributed by atoms with van der Waals surface area (Å²) in [7, 11) is 0. The molecule has 6 nitrogen and oxygen atoms in total. The summed E-state index contributed by atoms with van der Waals surface area (Å²) >= 11 is 1.62. The van der Waals surface area contributed by atoms with Crippen LogP contribution in [-0.2, 0) is 27.3 Å². The smallest absolute Gasteiger partial charge is 0.326 e. The summed E-state index contributed by atoms with van der Waals surface area (Å²) in [6, 6.07) is 18.2. The number of rotatable bonds is 13. The second-order valence-corrected chi connectivity index (χ2v) is 11.0. The number of ether oxygens (including phenoxy) is 1. The summed E-state index contributed by atoms with van der Waals surface area (Å²) in [5.74, 6) is 0.761. The third-order valence-corrected chi connectivity index (χ3v) is 6.80. The first-order valence-corrected chi connectivity index (χ1v) is 13.9. The van der Waals surface area contributed by atoms with E-state index in [1.807, 2.05) is 72.7 Å². The van der Waals surface area contributed by atoms with Crippen LogP contribution in [0.25, 0.3) is 11.0 Å². The van der Waals surface area contributed by atoms with Crippen LogP contribution in [0.4, 0.5) is 0 Å². The van der Waals surface area contributed by atoms with Crippen LogP contribution in [0.1, 0.15) is 58.9 Å². The predicted octanol–water partition coefficient (Wildman–Crippen LogP) is 6.12. The van der Waals surface area contributed by atoms with Crippen LogP contribution in [0.15, 0.2) is 59.8 Å². The quantitative estimate of drug-likeness (QED) is 0.158. The van der Waals surface area contributed by atoms with Crippen molar-refractivity contribution < 1.29 is 14.3 Å². The topological polar surface area (TPSA) is 64.4 Å². The predicted molar refractivity (Wildman–Crippen MR) is 147 cm³/mol. The number of carbonyl (C=O) groups excluding carboxylic acids is 2. The summed E-state index contributed by atoms with van der Waals surface area (Å²) < 4.78 is 7.49. The summed E-state index contributed by atoms with van der Waals surface area (Å²) in [5.41, 5.74) is 2.50. The van der Waals surface area contributed by atoms with Gasteiger partial charge in [0.2, 0.25) is 5.91 Å². The Morgan fingerprint density at radius 3 is 2.44 bits per heavy atom. The number of imidazole rings is 1. The van der Waals surface area contributed by atoms with Gasteiger partial charge in [-0.15, -0.1) is 0 Å². The van der Waals surface area contributed by atoms with Gasteiger partial charge in [-0.3, -0.25) is 9.59 Å². The second kappa shape index (κ2) is 13.5. The second-order valence-electron chi connectivity index (χ2n) is 9.98. The molecule has 0 atom stereocenters. The lowest BCUT2D eigenvalue weighted by atomic mass is 10.1. The molecule has 36 heavy (non-hydrogen) atoms. The van der Waals surface area contributed by atoms with Crippen LogP contribution < -0.4 is 0 Å². The van der Waals surface area contributed by atoms with Crippen molar-refractivity contribution in [2.45, 2.75) is 77.1 Å². The van der Waals surface area contributed by atoms with E-state index < -0.39 is 5.60 Å². The van der Waals surface area contributed by atoms with Crippen LogP contribution in [0.3, 0.4) is 0 Å². The van der Waals surface area contributed by atoms with Crippen molar-refractivity contribution >= 4 is 34.7 Å². The number of benzene rings is 2. The van der Waals surface area contributed by atoms with Gasteiger partial charge >= 0.3 is 5.97 Å². The van der Waals surface area contributed by atoms with Crippen LogP contribution in [0.2, 0.25) is 0 Å². The van der Waals surface area contributed by atoms with Crippen LogP contribution in [0.5, 0.6) is 0 Å². The van der Waals surface area contributed by atoms with E-state index >= 15 is 0 Å². The Bertz CT molecular complexity index is 1120. The number of unbranched alkanes of at least 4 members (excludes halogenated alkanes) is 1. The van der Waals surface area contributed by atoms with E-state index in [0.717, 1.165) is 54.2 Å². The maximum atomic E-state index is 12.8. The molecule has 1 heterocycles. The molecule has 0 aliphatic carbocycles. The van der Waals surface area contributed by atoms with Crippen LogP contribution >= 0.6 is 11.8 Å². The Kier molecular flexibility index (Phi) is 10.4. The maximum Gasteiger partial charge on any atom is 0.326 e. The van der Waals surface area contributed by atoms with Crippen molar-refractivity contribution in [3.8, 4) is 0 Å². The van der Waals surface area contributed by atoms with Crippen molar-refractivity contribution in [3.05, 3.63) is 60.2 Å². The molecule has 0 fully saturated rings. The van der Waals surface area contributed by atoms with Crippen molar-refractivity contribution in [2.24, 2.45) is 0 Å². The Morgan fingerprint density at radius 1 is 1.00 bits per heavy atom. The minimum Gasteiger partial charge on any atom is -0.459 e. The highest BCUT2D eigenvalue weighted by Gasteiger charge is 2.20. The molecule has 0 saturated heterocycles. The number of fused-ring (bicyclic) bond motifs is 1. The van der Waals surface area contributed by atoms with E-state index in [9.17, 15) is 9.59 Å². The minimum absolute atomic E-state index is 0.124. The molecule has 0 radical (unpaired) electrons. The molecular formula is C29H39N3O3S. The molecule has 0 unspecified atom stereocenters. The minimum atomic E-state index is -0.533. The van der Waals surface area contributed by atoms with Crippen LogP contribution in [-0.4, -0.2) is 50.8 Å². The molecule has 1 amide bonds. The van der Waals surface area contributed by atoms with Gasteiger partial charge in [-0.1, -0.05) is 67.6 Å². The normalized spacial score (nSPS) is 11.6.